The molecular weight excluding hydrogens is 266 g/mol. The molecule has 5 heteroatoms. The molecule has 0 spiro atoms. The van der Waals surface area contributed by atoms with Crippen molar-refractivity contribution in [3.8, 4) is 11.3 Å². The molecule has 0 fully saturated rings. The Morgan fingerprint density at radius 3 is 2.81 bits per heavy atom. The number of aromatic nitrogens is 2. The molecule has 2 N–H and O–H groups in total. The smallest absolute Gasteiger partial charge is 0.0967 e. The van der Waals surface area contributed by atoms with Gasteiger partial charge in [0.05, 0.1) is 18.4 Å². The first-order valence-electron chi connectivity index (χ1n) is 7.16. The number of benzene rings is 1. The van der Waals surface area contributed by atoms with E-state index in [-0.39, 0.29) is 0 Å². The lowest BCUT2D eigenvalue weighted by Crippen LogP contribution is -2.23. The number of nitrogens with zero attached hydrogens (tertiary/aromatic N) is 2. The fourth-order valence-corrected chi connectivity index (χ4v) is 2.27. The summed E-state index contributed by atoms with van der Waals surface area (Å²) in [5.41, 5.74) is 3.28. The molecule has 0 bridgehead atoms. The van der Waals surface area contributed by atoms with Crippen LogP contribution in [0.1, 0.15) is 12.0 Å². The first kappa shape index (κ1) is 15.7. The van der Waals surface area contributed by atoms with E-state index >= 15 is 0 Å². The van der Waals surface area contributed by atoms with Gasteiger partial charge in [-0.3, -0.25) is 4.68 Å². The molecule has 2 rings (SSSR count). The Kier molecular flexibility index (Phi) is 5.92. The van der Waals surface area contributed by atoms with Gasteiger partial charge in [0.25, 0.3) is 0 Å². The molecule has 0 saturated heterocycles. The minimum atomic E-state index is -0.412. The number of aliphatic hydroxyl groups is 1. The highest BCUT2D eigenvalue weighted by atomic mass is 16.5. The molecule has 0 radical (unpaired) electrons. The van der Waals surface area contributed by atoms with Gasteiger partial charge in [0.1, 0.15) is 0 Å². The van der Waals surface area contributed by atoms with Crippen molar-refractivity contribution < 1.29 is 9.84 Å². The summed E-state index contributed by atoms with van der Waals surface area (Å²) in [6, 6.07) is 10.2. The number of nitrogens with one attached hydrogen (secondary N) is 1. The van der Waals surface area contributed by atoms with Crippen molar-refractivity contribution in [2.75, 3.05) is 20.3 Å². The Morgan fingerprint density at radius 1 is 1.33 bits per heavy atom. The van der Waals surface area contributed by atoms with Crippen LogP contribution in [0.2, 0.25) is 0 Å². The molecule has 5 nitrogen and oxygen atoms in total. The first-order valence-corrected chi connectivity index (χ1v) is 7.16. The van der Waals surface area contributed by atoms with Gasteiger partial charge < -0.3 is 15.2 Å². The summed E-state index contributed by atoms with van der Waals surface area (Å²) in [5, 5.41) is 17.5. The summed E-state index contributed by atoms with van der Waals surface area (Å²) in [6.07, 6.45) is 2.29. The molecule has 1 aromatic heterocycles. The van der Waals surface area contributed by atoms with E-state index in [0.717, 1.165) is 29.9 Å². The van der Waals surface area contributed by atoms with Gasteiger partial charge in [0.2, 0.25) is 0 Å². The van der Waals surface area contributed by atoms with E-state index in [4.69, 9.17) is 4.74 Å². The SMILES string of the molecule is COCC(O)CCNCc1cn(C)nc1-c1ccccc1. The van der Waals surface area contributed by atoms with E-state index in [1.807, 2.05) is 36.1 Å². The normalized spacial score (nSPS) is 12.5. The quantitative estimate of drug-likeness (QED) is 0.724. The molecule has 21 heavy (non-hydrogen) atoms. The molecule has 0 aliphatic rings. The highest BCUT2D eigenvalue weighted by Gasteiger charge is 2.09. The van der Waals surface area contributed by atoms with E-state index in [2.05, 4.69) is 22.5 Å². The van der Waals surface area contributed by atoms with Crippen LogP contribution in [0.15, 0.2) is 36.5 Å². The standard InChI is InChI=1S/C16H23N3O2/c1-19-11-14(10-17-9-8-15(20)12-21-2)16(18-19)13-6-4-3-5-7-13/h3-7,11,15,17,20H,8-10,12H2,1-2H3. The average Bonchev–Trinajstić information content (AvgIpc) is 2.86. The lowest BCUT2D eigenvalue weighted by molar-refractivity contribution is 0.0594. The molecule has 1 aromatic carbocycles. The number of hydrogen-bond acceptors (Lipinski definition) is 4. The van der Waals surface area contributed by atoms with Crippen LogP contribution in [0.5, 0.6) is 0 Å². The second kappa shape index (κ2) is 7.93. The van der Waals surface area contributed by atoms with E-state index in [1.165, 1.54) is 0 Å². The summed E-state index contributed by atoms with van der Waals surface area (Å²) in [6.45, 7) is 1.86. The van der Waals surface area contributed by atoms with Gasteiger partial charge in [-0.15, -0.1) is 0 Å². The Labute approximate surface area is 125 Å². The minimum Gasteiger partial charge on any atom is -0.391 e. The topological polar surface area (TPSA) is 59.3 Å². The van der Waals surface area contributed by atoms with Crippen LogP contribution in [0, 0.1) is 0 Å². The van der Waals surface area contributed by atoms with Gasteiger partial charge in [-0.25, -0.2) is 0 Å². The third-order valence-electron chi connectivity index (χ3n) is 3.28. The predicted octanol–water partition coefficient (Wildman–Crippen LogP) is 1.57. The van der Waals surface area contributed by atoms with Crippen molar-refractivity contribution in [2.45, 2.75) is 19.1 Å². The zero-order valence-corrected chi connectivity index (χ0v) is 12.6. The molecule has 0 aliphatic heterocycles. The molecule has 1 heterocycles. The summed E-state index contributed by atoms with van der Waals surface area (Å²) < 4.78 is 6.74. The average molecular weight is 289 g/mol. The second-order valence-corrected chi connectivity index (χ2v) is 5.12. The lowest BCUT2D eigenvalue weighted by atomic mass is 10.1. The van der Waals surface area contributed by atoms with E-state index in [0.29, 0.717) is 13.0 Å². The van der Waals surface area contributed by atoms with Crippen molar-refractivity contribution in [2.24, 2.45) is 7.05 Å². The van der Waals surface area contributed by atoms with Crippen LogP contribution in [-0.2, 0) is 18.3 Å². The van der Waals surface area contributed by atoms with Crippen LogP contribution in [0.25, 0.3) is 11.3 Å². The highest BCUT2D eigenvalue weighted by Crippen LogP contribution is 2.21. The number of hydrogen-bond donors (Lipinski definition) is 2. The van der Waals surface area contributed by atoms with Gasteiger partial charge in [-0.05, 0) is 13.0 Å². The number of ether oxygens (including phenoxy) is 1. The van der Waals surface area contributed by atoms with Crippen molar-refractivity contribution in [1.82, 2.24) is 15.1 Å². The number of methoxy groups -OCH3 is 1. The van der Waals surface area contributed by atoms with Gasteiger partial charge in [-0.2, -0.15) is 5.10 Å². The van der Waals surface area contributed by atoms with E-state index in [9.17, 15) is 5.11 Å². The number of rotatable bonds is 8. The Hall–Kier alpha value is -1.69. The van der Waals surface area contributed by atoms with Crippen molar-refractivity contribution >= 4 is 0 Å². The van der Waals surface area contributed by atoms with Crippen LogP contribution in [0.3, 0.4) is 0 Å². The van der Waals surface area contributed by atoms with Crippen LogP contribution in [-0.4, -0.2) is 41.3 Å². The Balaban J connectivity index is 1.92. The molecule has 0 aliphatic carbocycles. The summed E-state index contributed by atoms with van der Waals surface area (Å²) in [4.78, 5) is 0. The summed E-state index contributed by atoms with van der Waals surface area (Å²) in [5.74, 6) is 0. The monoisotopic (exact) mass is 289 g/mol. The maximum Gasteiger partial charge on any atom is 0.0967 e. The van der Waals surface area contributed by atoms with Gasteiger partial charge in [-0.1, -0.05) is 30.3 Å². The van der Waals surface area contributed by atoms with Crippen molar-refractivity contribution in [1.29, 1.82) is 0 Å². The first-order chi connectivity index (χ1) is 10.2. The van der Waals surface area contributed by atoms with Gasteiger partial charge in [0.15, 0.2) is 0 Å². The number of aliphatic hydroxyl groups excluding tert-OH is 1. The predicted molar refractivity (Wildman–Crippen MR) is 82.9 cm³/mol. The third-order valence-corrected chi connectivity index (χ3v) is 3.28. The largest absolute Gasteiger partial charge is 0.391 e. The Bertz CT molecular complexity index is 540. The second-order valence-electron chi connectivity index (χ2n) is 5.12. The summed E-state index contributed by atoms with van der Waals surface area (Å²) in [7, 11) is 3.52. The Morgan fingerprint density at radius 2 is 2.10 bits per heavy atom. The summed E-state index contributed by atoms with van der Waals surface area (Å²) >= 11 is 0. The van der Waals surface area contributed by atoms with E-state index in [1.54, 1.807) is 7.11 Å². The molecule has 1 unspecified atom stereocenters. The van der Waals surface area contributed by atoms with Gasteiger partial charge in [0, 0.05) is 38.0 Å². The van der Waals surface area contributed by atoms with E-state index < -0.39 is 6.10 Å². The zero-order valence-electron chi connectivity index (χ0n) is 12.6. The minimum absolute atomic E-state index is 0.379. The van der Waals surface area contributed by atoms with Crippen molar-refractivity contribution in [3.05, 3.63) is 42.1 Å². The fourth-order valence-electron chi connectivity index (χ4n) is 2.27. The third kappa shape index (κ3) is 4.67. The molecule has 0 saturated carbocycles. The fraction of sp³-hybridized carbons (Fsp3) is 0.438. The molecule has 2 aromatic rings. The van der Waals surface area contributed by atoms with Crippen LogP contribution < -0.4 is 5.32 Å². The molecule has 0 amide bonds. The molecule has 1 atom stereocenters. The maximum atomic E-state index is 9.60. The van der Waals surface area contributed by atoms with Gasteiger partial charge >= 0.3 is 0 Å². The van der Waals surface area contributed by atoms with Crippen LogP contribution >= 0.6 is 0 Å². The highest BCUT2D eigenvalue weighted by molar-refractivity contribution is 5.62. The maximum absolute atomic E-state index is 9.60. The molecule has 114 valence electrons. The number of aryl methyl sites for hydroxylation is 1. The lowest BCUT2D eigenvalue weighted by Gasteiger charge is -2.10. The zero-order chi connectivity index (χ0) is 15.1. The van der Waals surface area contributed by atoms with Crippen LogP contribution in [0.4, 0.5) is 0 Å². The molecular formula is C16H23N3O2. The van der Waals surface area contributed by atoms with Crippen molar-refractivity contribution in [3.63, 3.8) is 0 Å².